The normalized spacial score (nSPS) is 24.8. The van der Waals surface area contributed by atoms with Crippen molar-refractivity contribution in [3.63, 3.8) is 0 Å². The van der Waals surface area contributed by atoms with Gasteiger partial charge in [-0.2, -0.15) is 0 Å². The second-order valence-corrected chi connectivity index (χ2v) is 4.66. The molecule has 0 bridgehead atoms. The maximum Gasteiger partial charge on any atom is 0.317 e. The van der Waals surface area contributed by atoms with Crippen molar-refractivity contribution in [1.82, 2.24) is 4.90 Å². The monoisotopic (exact) mass is 233 g/mol. The molecule has 17 heavy (non-hydrogen) atoms. The first-order chi connectivity index (χ1) is 8.19. The van der Waals surface area contributed by atoms with Crippen molar-refractivity contribution in [2.24, 2.45) is 0 Å². The highest BCUT2D eigenvalue weighted by atomic mass is 16.5. The fraction of sp³-hybridized carbons (Fsp3) is 0.500. The van der Waals surface area contributed by atoms with Gasteiger partial charge in [-0.1, -0.05) is 30.3 Å². The highest BCUT2D eigenvalue weighted by Gasteiger charge is 2.46. The number of benzene rings is 1. The number of hydrogen-bond donors (Lipinski definition) is 0. The molecule has 0 radical (unpaired) electrons. The smallest absolute Gasteiger partial charge is 0.317 e. The van der Waals surface area contributed by atoms with E-state index >= 15 is 0 Å². The third kappa shape index (κ3) is 2.20. The predicted octanol–water partition coefficient (Wildman–Crippen LogP) is 1.82. The molecule has 1 unspecified atom stereocenters. The van der Waals surface area contributed by atoms with Gasteiger partial charge in [-0.15, -0.1) is 0 Å². The summed E-state index contributed by atoms with van der Waals surface area (Å²) in [7, 11) is 2.05. The minimum Gasteiger partial charge on any atom is -0.465 e. The summed E-state index contributed by atoms with van der Waals surface area (Å²) in [6.45, 7) is 3.98. The van der Waals surface area contributed by atoms with Crippen LogP contribution in [-0.4, -0.2) is 37.6 Å². The molecular weight excluding hydrogens is 214 g/mol. The summed E-state index contributed by atoms with van der Waals surface area (Å²) in [5.41, 5.74) is 0.606. The van der Waals surface area contributed by atoms with Gasteiger partial charge in [0.05, 0.1) is 6.61 Å². The molecule has 0 amide bonds. The molecule has 1 aliphatic rings. The van der Waals surface area contributed by atoms with Gasteiger partial charge in [0.25, 0.3) is 0 Å². The molecular formula is C14H19NO2. The number of ether oxygens (including phenoxy) is 1. The number of nitrogens with zero attached hydrogens (tertiary/aromatic N) is 1. The highest BCUT2D eigenvalue weighted by molar-refractivity contribution is 5.84. The maximum atomic E-state index is 12.3. The molecule has 3 heteroatoms. The fourth-order valence-corrected chi connectivity index (χ4v) is 2.55. The number of carbonyl (C=O) groups is 1. The fourth-order valence-electron chi connectivity index (χ4n) is 2.55. The summed E-state index contributed by atoms with van der Waals surface area (Å²) in [5.74, 6) is -0.0875. The summed E-state index contributed by atoms with van der Waals surface area (Å²) in [4.78, 5) is 14.4. The number of likely N-dealkylation sites (tertiary alicyclic amines) is 1. The summed E-state index contributed by atoms with van der Waals surface area (Å²) in [6, 6.07) is 9.98. The van der Waals surface area contributed by atoms with Gasteiger partial charge in [-0.05, 0) is 32.5 Å². The van der Waals surface area contributed by atoms with E-state index < -0.39 is 5.41 Å². The second-order valence-electron chi connectivity index (χ2n) is 4.66. The number of hydrogen-bond acceptors (Lipinski definition) is 3. The van der Waals surface area contributed by atoms with Crippen LogP contribution < -0.4 is 0 Å². The van der Waals surface area contributed by atoms with Crippen LogP contribution in [0.5, 0.6) is 0 Å². The van der Waals surface area contributed by atoms with E-state index in [-0.39, 0.29) is 5.97 Å². The van der Waals surface area contributed by atoms with Crippen LogP contribution in [0.4, 0.5) is 0 Å². The molecule has 92 valence electrons. The van der Waals surface area contributed by atoms with Gasteiger partial charge in [-0.25, -0.2) is 0 Å². The Hall–Kier alpha value is -1.35. The van der Waals surface area contributed by atoms with Crippen molar-refractivity contribution in [2.45, 2.75) is 18.8 Å². The van der Waals surface area contributed by atoms with E-state index in [4.69, 9.17) is 4.74 Å². The lowest BCUT2D eigenvalue weighted by Gasteiger charge is -2.27. The van der Waals surface area contributed by atoms with Crippen LogP contribution in [0.1, 0.15) is 18.9 Å². The molecule has 0 aromatic heterocycles. The molecule has 1 atom stereocenters. The van der Waals surface area contributed by atoms with E-state index in [1.165, 1.54) is 0 Å². The van der Waals surface area contributed by atoms with Crippen molar-refractivity contribution in [3.05, 3.63) is 35.9 Å². The second kappa shape index (κ2) is 4.88. The van der Waals surface area contributed by atoms with E-state index in [9.17, 15) is 4.79 Å². The molecule has 1 aromatic rings. The van der Waals surface area contributed by atoms with Crippen LogP contribution in [0.2, 0.25) is 0 Å². The molecule has 1 aromatic carbocycles. The lowest BCUT2D eigenvalue weighted by Crippen LogP contribution is -2.39. The number of esters is 1. The van der Waals surface area contributed by atoms with Crippen molar-refractivity contribution >= 4 is 5.97 Å². The molecule has 1 aliphatic heterocycles. The van der Waals surface area contributed by atoms with Gasteiger partial charge in [0.1, 0.15) is 5.41 Å². The zero-order valence-electron chi connectivity index (χ0n) is 10.5. The third-order valence-electron chi connectivity index (χ3n) is 3.45. The molecule has 0 N–H and O–H groups in total. The zero-order chi connectivity index (χ0) is 12.3. The molecule has 1 fully saturated rings. The van der Waals surface area contributed by atoms with Crippen LogP contribution in [-0.2, 0) is 14.9 Å². The Balaban J connectivity index is 2.35. The molecule has 2 rings (SSSR count). The molecule has 3 nitrogen and oxygen atoms in total. The minimum atomic E-state index is -0.466. The lowest BCUT2D eigenvalue weighted by molar-refractivity contribution is -0.149. The number of carbonyl (C=O) groups excluding carboxylic acids is 1. The zero-order valence-corrected chi connectivity index (χ0v) is 10.5. The van der Waals surface area contributed by atoms with E-state index in [0.29, 0.717) is 6.61 Å². The molecule has 0 saturated carbocycles. The largest absolute Gasteiger partial charge is 0.465 e. The number of likely N-dealkylation sites (N-methyl/N-ethyl adjacent to an activating group) is 1. The predicted molar refractivity (Wildman–Crippen MR) is 66.9 cm³/mol. The SMILES string of the molecule is CCOC(=O)C1(c2ccccc2)CCN(C)C1. The Bertz CT molecular complexity index is 390. The molecule has 0 aliphatic carbocycles. The maximum absolute atomic E-state index is 12.3. The van der Waals surface area contributed by atoms with Crippen molar-refractivity contribution in [3.8, 4) is 0 Å². The first-order valence-corrected chi connectivity index (χ1v) is 6.10. The van der Waals surface area contributed by atoms with Crippen LogP contribution in [0, 0.1) is 0 Å². The Morgan fingerprint density at radius 3 is 2.65 bits per heavy atom. The standard InChI is InChI=1S/C14H19NO2/c1-3-17-13(16)14(9-10-15(2)11-14)12-7-5-4-6-8-12/h4-8H,3,9-11H2,1-2H3. The third-order valence-corrected chi connectivity index (χ3v) is 3.45. The van der Waals surface area contributed by atoms with Gasteiger partial charge in [-0.3, -0.25) is 4.79 Å². The quantitative estimate of drug-likeness (QED) is 0.746. The van der Waals surface area contributed by atoms with Crippen molar-refractivity contribution in [1.29, 1.82) is 0 Å². The van der Waals surface area contributed by atoms with E-state index in [0.717, 1.165) is 25.1 Å². The summed E-state index contributed by atoms with van der Waals surface area (Å²) < 4.78 is 5.27. The highest BCUT2D eigenvalue weighted by Crippen LogP contribution is 2.35. The molecule has 1 heterocycles. The van der Waals surface area contributed by atoms with E-state index in [1.807, 2.05) is 44.3 Å². The lowest BCUT2D eigenvalue weighted by atomic mass is 9.79. The topological polar surface area (TPSA) is 29.5 Å². The molecule has 0 spiro atoms. The first-order valence-electron chi connectivity index (χ1n) is 6.10. The van der Waals surface area contributed by atoms with Gasteiger partial charge >= 0.3 is 5.97 Å². The Kier molecular flexibility index (Phi) is 3.48. The van der Waals surface area contributed by atoms with Crippen LogP contribution in [0.3, 0.4) is 0 Å². The summed E-state index contributed by atoms with van der Waals surface area (Å²) >= 11 is 0. The van der Waals surface area contributed by atoms with Crippen LogP contribution >= 0.6 is 0 Å². The summed E-state index contributed by atoms with van der Waals surface area (Å²) in [6.07, 6.45) is 0.840. The van der Waals surface area contributed by atoms with Crippen LogP contribution in [0.15, 0.2) is 30.3 Å². The van der Waals surface area contributed by atoms with Crippen LogP contribution in [0.25, 0.3) is 0 Å². The summed E-state index contributed by atoms with van der Waals surface area (Å²) in [5, 5.41) is 0. The average molecular weight is 233 g/mol. The Labute approximate surface area is 102 Å². The first kappa shape index (κ1) is 12.1. The van der Waals surface area contributed by atoms with Gasteiger partial charge in [0.2, 0.25) is 0 Å². The van der Waals surface area contributed by atoms with Gasteiger partial charge < -0.3 is 9.64 Å². The van der Waals surface area contributed by atoms with Gasteiger partial charge in [0.15, 0.2) is 0 Å². The van der Waals surface area contributed by atoms with Crippen molar-refractivity contribution in [2.75, 3.05) is 26.7 Å². The van der Waals surface area contributed by atoms with Crippen molar-refractivity contribution < 1.29 is 9.53 Å². The molecule has 1 saturated heterocycles. The minimum absolute atomic E-state index is 0.0875. The van der Waals surface area contributed by atoms with E-state index in [2.05, 4.69) is 4.90 Å². The Morgan fingerprint density at radius 2 is 2.12 bits per heavy atom. The number of rotatable bonds is 3. The van der Waals surface area contributed by atoms with Gasteiger partial charge in [0, 0.05) is 6.54 Å². The average Bonchev–Trinajstić information content (AvgIpc) is 2.74. The van der Waals surface area contributed by atoms with E-state index in [1.54, 1.807) is 0 Å². The Morgan fingerprint density at radius 1 is 1.41 bits per heavy atom.